The van der Waals surface area contributed by atoms with Gasteiger partial charge in [0.05, 0.1) is 0 Å². The second-order valence-electron chi connectivity index (χ2n) is 5.96. The zero-order valence-corrected chi connectivity index (χ0v) is 15.9. The molecule has 2 N–H and O–H groups in total. The number of carbonyl (C=O) groups is 2. The van der Waals surface area contributed by atoms with Crippen molar-refractivity contribution >= 4 is 46.4 Å². The van der Waals surface area contributed by atoms with Gasteiger partial charge in [0.2, 0.25) is 0 Å². The highest BCUT2D eigenvalue weighted by atomic mass is 35.5. The molecule has 6 heteroatoms. The van der Waals surface area contributed by atoms with Gasteiger partial charge in [-0.2, -0.15) is 0 Å². The van der Waals surface area contributed by atoms with Crippen molar-refractivity contribution in [2.24, 2.45) is 0 Å². The molecule has 0 aliphatic carbocycles. The van der Waals surface area contributed by atoms with Crippen LogP contribution in [0.15, 0.2) is 66.7 Å². The van der Waals surface area contributed by atoms with Crippen LogP contribution < -0.4 is 10.6 Å². The molecule has 0 spiro atoms. The number of para-hydroxylation sites is 1. The number of hydrogen-bond donors (Lipinski definition) is 2. The maximum Gasteiger partial charge on any atom is 0.255 e. The molecule has 136 valence electrons. The molecule has 0 fully saturated rings. The summed E-state index contributed by atoms with van der Waals surface area (Å²) >= 11 is 11.9. The Morgan fingerprint density at radius 1 is 0.741 bits per heavy atom. The predicted molar refractivity (Wildman–Crippen MR) is 110 cm³/mol. The summed E-state index contributed by atoms with van der Waals surface area (Å²) in [5, 5.41) is 6.37. The van der Waals surface area contributed by atoms with E-state index in [1.807, 2.05) is 25.1 Å². The maximum atomic E-state index is 12.5. The van der Waals surface area contributed by atoms with Crippen molar-refractivity contribution in [3.05, 3.63) is 93.5 Å². The molecular weight excluding hydrogens is 383 g/mol. The summed E-state index contributed by atoms with van der Waals surface area (Å²) in [6.07, 6.45) is 0. The summed E-state index contributed by atoms with van der Waals surface area (Å²) in [5.41, 5.74) is 2.83. The van der Waals surface area contributed by atoms with Crippen molar-refractivity contribution < 1.29 is 9.59 Å². The number of halogens is 2. The van der Waals surface area contributed by atoms with E-state index in [0.29, 0.717) is 32.5 Å². The average Bonchev–Trinajstić information content (AvgIpc) is 2.63. The molecule has 3 aromatic rings. The van der Waals surface area contributed by atoms with Crippen molar-refractivity contribution in [2.45, 2.75) is 6.92 Å². The molecule has 0 atom stereocenters. The van der Waals surface area contributed by atoms with Crippen molar-refractivity contribution in [1.82, 2.24) is 0 Å². The van der Waals surface area contributed by atoms with E-state index in [0.717, 1.165) is 5.56 Å². The number of benzene rings is 3. The normalized spacial score (nSPS) is 10.3. The van der Waals surface area contributed by atoms with Crippen molar-refractivity contribution in [3.8, 4) is 0 Å². The number of aryl methyl sites for hydroxylation is 1. The lowest BCUT2D eigenvalue weighted by molar-refractivity contribution is 0.101. The van der Waals surface area contributed by atoms with E-state index < -0.39 is 0 Å². The van der Waals surface area contributed by atoms with E-state index in [9.17, 15) is 9.59 Å². The van der Waals surface area contributed by atoms with Gasteiger partial charge < -0.3 is 10.6 Å². The highest BCUT2D eigenvalue weighted by Crippen LogP contribution is 2.22. The van der Waals surface area contributed by atoms with Crippen molar-refractivity contribution in [1.29, 1.82) is 0 Å². The third-order valence-corrected chi connectivity index (χ3v) is 4.34. The Morgan fingerprint density at radius 3 is 2.04 bits per heavy atom. The first-order valence-corrected chi connectivity index (χ1v) is 8.92. The predicted octanol–water partition coefficient (Wildman–Crippen LogP) is 5.81. The van der Waals surface area contributed by atoms with Crippen LogP contribution in [0.25, 0.3) is 0 Å². The quantitative estimate of drug-likeness (QED) is 0.582. The molecule has 0 radical (unpaired) electrons. The van der Waals surface area contributed by atoms with Crippen LogP contribution in [0.5, 0.6) is 0 Å². The van der Waals surface area contributed by atoms with E-state index in [1.54, 1.807) is 36.4 Å². The number of carbonyl (C=O) groups excluding carboxylic acids is 2. The van der Waals surface area contributed by atoms with Gasteiger partial charge in [-0.3, -0.25) is 9.59 Å². The maximum absolute atomic E-state index is 12.5. The molecule has 0 aromatic heterocycles. The largest absolute Gasteiger partial charge is 0.322 e. The molecule has 0 unspecified atom stereocenters. The molecule has 2 amide bonds. The van der Waals surface area contributed by atoms with E-state index in [4.69, 9.17) is 23.2 Å². The zero-order valence-electron chi connectivity index (χ0n) is 14.4. The summed E-state index contributed by atoms with van der Waals surface area (Å²) in [5.74, 6) is -0.620. The van der Waals surface area contributed by atoms with Gasteiger partial charge >= 0.3 is 0 Å². The van der Waals surface area contributed by atoms with Crippen LogP contribution in [-0.4, -0.2) is 11.8 Å². The topological polar surface area (TPSA) is 58.2 Å². The van der Waals surface area contributed by atoms with Gasteiger partial charge in [-0.25, -0.2) is 0 Å². The van der Waals surface area contributed by atoms with Crippen LogP contribution in [0.2, 0.25) is 10.0 Å². The zero-order chi connectivity index (χ0) is 19.4. The molecule has 0 saturated heterocycles. The number of nitrogens with one attached hydrogen (secondary N) is 2. The Labute approximate surface area is 167 Å². The molecule has 0 heterocycles. The second-order valence-corrected chi connectivity index (χ2v) is 6.83. The third kappa shape index (κ3) is 4.88. The number of anilines is 2. The lowest BCUT2D eigenvalue weighted by Crippen LogP contribution is -2.15. The van der Waals surface area contributed by atoms with Gasteiger partial charge in [-0.1, -0.05) is 47.5 Å². The van der Waals surface area contributed by atoms with Crippen LogP contribution in [0.1, 0.15) is 26.3 Å². The van der Waals surface area contributed by atoms with Gasteiger partial charge in [-0.05, 0) is 55.0 Å². The molecule has 0 aliphatic heterocycles. The van der Waals surface area contributed by atoms with Gasteiger partial charge in [0.25, 0.3) is 11.8 Å². The minimum Gasteiger partial charge on any atom is -0.322 e. The van der Waals surface area contributed by atoms with E-state index in [2.05, 4.69) is 10.6 Å². The van der Waals surface area contributed by atoms with Crippen LogP contribution in [0.4, 0.5) is 11.4 Å². The molecule has 0 saturated carbocycles. The lowest BCUT2D eigenvalue weighted by Gasteiger charge is -2.11. The number of amides is 2. The Balaban J connectivity index is 1.80. The van der Waals surface area contributed by atoms with Crippen LogP contribution in [0.3, 0.4) is 0 Å². The molecule has 4 nitrogen and oxygen atoms in total. The first kappa shape index (κ1) is 19.0. The summed E-state index contributed by atoms with van der Waals surface area (Å²) in [6.45, 7) is 1.85. The monoisotopic (exact) mass is 398 g/mol. The Hall–Kier alpha value is -2.82. The van der Waals surface area contributed by atoms with Crippen LogP contribution in [0, 0.1) is 6.92 Å². The SMILES string of the molecule is Cc1ccc(C(=O)Nc2ccccc2)cc1NC(=O)c1cc(Cl)cc(Cl)c1. The van der Waals surface area contributed by atoms with Gasteiger partial charge in [-0.15, -0.1) is 0 Å². The average molecular weight is 399 g/mol. The Kier molecular flexibility index (Phi) is 5.79. The second kappa shape index (κ2) is 8.25. The fourth-order valence-corrected chi connectivity index (χ4v) is 3.03. The first-order chi connectivity index (χ1) is 12.9. The molecule has 27 heavy (non-hydrogen) atoms. The van der Waals surface area contributed by atoms with E-state index >= 15 is 0 Å². The van der Waals surface area contributed by atoms with E-state index in [1.165, 1.54) is 12.1 Å². The first-order valence-electron chi connectivity index (χ1n) is 8.17. The van der Waals surface area contributed by atoms with E-state index in [-0.39, 0.29) is 11.8 Å². The fraction of sp³-hybridized carbons (Fsp3) is 0.0476. The van der Waals surface area contributed by atoms with Crippen LogP contribution >= 0.6 is 23.2 Å². The summed E-state index contributed by atoms with van der Waals surface area (Å²) in [4.78, 5) is 25.0. The van der Waals surface area contributed by atoms with Crippen LogP contribution in [-0.2, 0) is 0 Å². The fourth-order valence-electron chi connectivity index (χ4n) is 2.50. The molecule has 3 rings (SSSR count). The minimum atomic E-state index is -0.358. The smallest absolute Gasteiger partial charge is 0.255 e. The van der Waals surface area contributed by atoms with Gasteiger partial charge in [0.15, 0.2) is 0 Å². The lowest BCUT2D eigenvalue weighted by atomic mass is 10.1. The number of rotatable bonds is 4. The van der Waals surface area contributed by atoms with Crippen molar-refractivity contribution in [3.63, 3.8) is 0 Å². The number of hydrogen-bond acceptors (Lipinski definition) is 2. The Morgan fingerprint density at radius 2 is 1.37 bits per heavy atom. The summed E-state index contributed by atoms with van der Waals surface area (Å²) in [7, 11) is 0. The molecule has 0 bridgehead atoms. The standard InChI is InChI=1S/C21H16Cl2N2O2/c1-13-7-8-14(20(26)24-18-5-3-2-4-6-18)11-19(13)25-21(27)15-9-16(22)12-17(23)10-15/h2-12H,1H3,(H,24,26)(H,25,27). The molecule has 0 aliphatic rings. The Bertz CT molecular complexity index is 984. The van der Waals surface area contributed by atoms with Gasteiger partial charge in [0.1, 0.15) is 0 Å². The van der Waals surface area contributed by atoms with Crippen molar-refractivity contribution in [2.75, 3.05) is 10.6 Å². The summed E-state index contributed by atoms with van der Waals surface area (Å²) < 4.78 is 0. The minimum absolute atomic E-state index is 0.262. The molecule has 3 aromatic carbocycles. The van der Waals surface area contributed by atoms with Gasteiger partial charge in [0, 0.05) is 32.5 Å². The summed E-state index contributed by atoms with van der Waals surface area (Å²) in [6, 6.07) is 18.9. The highest BCUT2D eigenvalue weighted by molar-refractivity contribution is 6.35. The molecular formula is C21H16Cl2N2O2. The third-order valence-electron chi connectivity index (χ3n) is 3.90. The highest BCUT2D eigenvalue weighted by Gasteiger charge is 2.13.